The summed E-state index contributed by atoms with van der Waals surface area (Å²) in [6, 6.07) is 10.9. The maximum atomic E-state index is 5.97. The Morgan fingerprint density at radius 2 is 1.61 bits per heavy atom. The van der Waals surface area contributed by atoms with Crippen LogP contribution in [0.15, 0.2) is 36.4 Å². The molecular formula is C18H20Cl2N4O2S2. The Morgan fingerprint density at radius 1 is 0.893 bits per heavy atom. The second kappa shape index (κ2) is 11.1. The first-order valence-corrected chi connectivity index (χ1v) is 9.77. The molecule has 0 aliphatic rings. The molecule has 0 saturated heterocycles. The lowest BCUT2D eigenvalue weighted by molar-refractivity contribution is 0.354. The van der Waals surface area contributed by atoms with Gasteiger partial charge in [0.05, 0.1) is 24.3 Å². The lowest BCUT2D eigenvalue weighted by Gasteiger charge is -2.15. The Morgan fingerprint density at radius 3 is 2.29 bits per heavy atom. The van der Waals surface area contributed by atoms with Gasteiger partial charge in [-0.05, 0) is 66.8 Å². The highest BCUT2D eigenvalue weighted by Gasteiger charge is 2.05. The van der Waals surface area contributed by atoms with Crippen molar-refractivity contribution in [3.63, 3.8) is 0 Å². The number of hydrogen-bond acceptors (Lipinski definition) is 4. The van der Waals surface area contributed by atoms with Crippen LogP contribution in [0.5, 0.6) is 11.5 Å². The van der Waals surface area contributed by atoms with Crippen molar-refractivity contribution >= 4 is 63.5 Å². The van der Waals surface area contributed by atoms with Gasteiger partial charge in [0, 0.05) is 12.2 Å². The number of nitrogens with one attached hydrogen (secondary N) is 4. The van der Waals surface area contributed by atoms with Crippen LogP contribution in [0.4, 0.5) is 5.69 Å². The van der Waals surface area contributed by atoms with Gasteiger partial charge in [0.25, 0.3) is 0 Å². The van der Waals surface area contributed by atoms with Crippen LogP contribution < -0.4 is 31.0 Å². The van der Waals surface area contributed by atoms with Gasteiger partial charge in [-0.2, -0.15) is 0 Å². The number of rotatable bonds is 6. The molecule has 0 atom stereocenters. The van der Waals surface area contributed by atoms with Crippen molar-refractivity contribution in [1.29, 1.82) is 0 Å². The highest BCUT2D eigenvalue weighted by molar-refractivity contribution is 7.80. The molecule has 0 aromatic heterocycles. The molecule has 0 spiro atoms. The highest BCUT2D eigenvalue weighted by atomic mass is 35.5. The quantitative estimate of drug-likeness (QED) is 0.383. The minimum atomic E-state index is 0.336. The molecule has 2 aromatic carbocycles. The molecule has 0 heterocycles. The van der Waals surface area contributed by atoms with Crippen LogP contribution in [-0.4, -0.2) is 31.0 Å². The summed E-state index contributed by atoms with van der Waals surface area (Å²) in [4.78, 5) is 0. The molecule has 0 amide bonds. The fourth-order valence-electron chi connectivity index (χ4n) is 2.25. The SMILES string of the molecule is COc1ccc(CCNC(=S)NNC(=S)Nc2ccc(Cl)c(Cl)c2)cc1OC. The topological polar surface area (TPSA) is 66.6 Å². The maximum absolute atomic E-state index is 5.97. The molecule has 2 rings (SSSR count). The molecule has 10 heteroatoms. The van der Waals surface area contributed by atoms with E-state index in [1.165, 1.54) is 0 Å². The van der Waals surface area contributed by atoms with E-state index in [2.05, 4.69) is 21.5 Å². The molecule has 0 radical (unpaired) electrons. The van der Waals surface area contributed by atoms with Crippen LogP contribution in [-0.2, 0) is 6.42 Å². The van der Waals surface area contributed by atoms with Gasteiger partial charge in [-0.25, -0.2) is 0 Å². The molecule has 0 unspecified atom stereocenters. The van der Waals surface area contributed by atoms with Gasteiger partial charge in [0.15, 0.2) is 21.7 Å². The zero-order valence-corrected chi connectivity index (χ0v) is 18.4. The van der Waals surface area contributed by atoms with E-state index in [0.717, 1.165) is 12.0 Å². The van der Waals surface area contributed by atoms with E-state index < -0.39 is 0 Å². The van der Waals surface area contributed by atoms with Crippen LogP contribution in [0.25, 0.3) is 0 Å². The van der Waals surface area contributed by atoms with Crippen molar-refractivity contribution in [2.24, 2.45) is 0 Å². The fourth-order valence-corrected chi connectivity index (χ4v) is 2.87. The summed E-state index contributed by atoms with van der Waals surface area (Å²) in [7, 11) is 3.22. The predicted octanol–water partition coefficient (Wildman–Crippen LogP) is 3.92. The molecule has 0 aliphatic carbocycles. The molecule has 6 nitrogen and oxygen atoms in total. The predicted molar refractivity (Wildman–Crippen MR) is 123 cm³/mol. The van der Waals surface area contributed by atoms with Crippen molar-refractivity contribution in [1.82, 2.24) is 16.2 Å². The van der Waals surface area contributed by atoms with Crippen molar-refractivity contribution in [2.75, 3.05) is 26.1 Å². The number of halogens is 2. The number of anilines is 1. The molecule has 0 fully saturated rings. The molecule has 150 valence electrons. The lowest BCUT2D eigenvalue weighted by Crippen LogP contribution is -2.48. The van der Waals surface area contributed by atoms with Crippen LogP contribution >= 0.6 is 47.6 Å². The lowest BCUT2D eigenvalue weighted by atomic mass is 10.1. The summed E-state index contributed by atoms with van der Waals surface area (Å²) < 4.78 is 10.5. The van der Waals surface area contributed by atoms with Gasteiger partial charge in [-0.1, -0.05) is 29.3 Å². The zero-order valence-electron chi connectivity index (χ0n) is 15.3. The Labute approximate surface area is 184 Å². The molecule has 0 saturated carbocycles. The average Bonchev–Trinajstić information content (AvgIpc) is 2.69. The molecule has 0 aliphatic heterocycles. The fraction of sp³-hybridized carbons (Fsp3) is 0.222. The van der Waals surface area contributed by atoms with Crippen molar-refractivity contribution < 1.29 is 9.47 Å². The first-order chi connectivity index (χ1) is 13.4. The largest absolute Gasteiger partial charge is 0.493 e. The van der Waals surface area contributed by atoms with E-state index in [1.807, 2.05) is 18.2 Å². The zero-order chi connectivity index (χ0) is 20.5. The third kappa shape index (κ3) is 6.87. The van der Waals surface area contributed by atoms with Crippen LogP contribution in [0, 0.1) is 0 Å². The Bertz CT molecular complexity index is 852. The van der Waals surface area contributed by atoms with Crippen molar-refractivity contribution in [3.8, 4) is 11.5 Å². The number of thiocarbonyl (C=S) groups is 2. The molecule has 28 heavy (non-hydrogen) atoms. The van der Waals surface area contributed by atoms with Gasteiger partial charge >= 0.3 is 0 Å². The number of hydrazine groups is 1. The maximum Gasteiger partial charge on any atom is 0.189 e. The average molecular weight is 459 g/mol. The number of ether oxygens (including phenoxy) is 2. The van der Waals surface area contributed by atoms with Gasteiger partial charge < -0.3 is 20.1 Å². The third-order valence-corrected chi connectivity index (χ3v) is 4.80. The summed E-state index contributed by atoms with van der Waals surface area (Å²) in [5.74, 6) is 1.39. The van der Waals surface area contributed by atoms with E-state index in [-0.39, 0.29) is 0 Å². The highest BCUT2D eigenvalue weighted by Crippen LogP contribution is 2.27. The smallest absolute Gasteiger partial charge is 0.189 e. The van der Waals surface area contributed by atoms with Gasteiger partial charge in [0.2, 0.25) is 0 Å². The van der Waals surface area contributed by atoms with Crippen LogP contribution in [0.1, 0.15) is 5.56 Å². The molecule has 2 aromatic rings. The number of methoxy groups -OCH3 is 2. The van der Waals surface area contributed by atoms with E-state index >= 15 is 0 Å². The molecule has 0 bridgehead atoms. The normalized spacial score (nSPS) is 10.0. The number of hydrogen-bond donors (Lipinski definition) is 4. The van der Waals surface area contributed by atoms with E-state index in [0.29, 0.717) is 44.0 Å². The Kier molecular flexibility index (Phi) is 8.85. The van der Waals surface area contributed by atoms with Crippen molar-refractivity contribution in [2.45, 2.75) is 6.42 Å². The molecular weight excluding hydrogens is 439 g/mol. The summed E-state index contributed by atoms with van der Waals surface area (Å²) in [6.07, 6.45) is 0.758. The first kappa shape index (κ1) is 22.3. The second-order valence-corrected chi connectivity index (χ2v) is 7.16. The summed E-state index contributed by atoms with van der Waals surface area (Å²) in [5.41, 5.74) is 7.42. The second-order valence-electron chi connectivity index (χ2n) is 5.53. The first-order valence-electron chi connectivity index (χ1n) is 8.19. The summed E-state index contributed by atoms with van der Waals surface area (Å²) >= 11 is 22.3. The van der Waals surface area contributed by atoms with Gasteiger partial charge in [-0.15, -0.1) is 0 Å². The van der Waals surface area contributed by atoms with E-state index in [4.69, 9.17) is 57.1 Å². The van der Waals surface area contributed by atoms with Crippen LogP contribution in [0.2, 0.25) is 10.0 Å². The van der Waals surface area contributed by atoms with E-state index in [9.17, 15) is 0 Å². The van der Waals surface area contributed by atoms with Gasteiger partial charge in [0.1, 0.15) is 0 Å². The Balaban J connectivity index is 1.72. The monoisotopic (exact) mass is 458 g/mol. The minimum absolute atomic E-state index is 0.336. The van der Waals surface area contributed by atoms with E-state index in [1.54, 1.807) is 32.4 Å². The Hall–Kier alpha value is -2.00. The van der Waals surface area contributed by atoms with Gasteiger partial charge in [-0.3, -0.25) is 10.9 Å². The van der Waals surface area contributed by atoms with Crippen molar-refractivity contribution in [3.05, 3.63) is 52.0 Å². The van der Waals surface area contributed by atoms with Crippen LogP contribution in [0.3, 0.4) is 0 Å². The molecule has 4 N–H and O–H groups in total. The standard InChI is InChI=1S/C18H20Cl2N4O2S2/c1-25-15-6-3-11(9-16(15)26-2)7-8-21-17(27)23-24-18(28)22-12-4-5-13(19)14(20)10-12/h3-6,9-10H,7-8H2,1-2H3,(H2,21,23,27)(H2,22,24,28). The minimum Gasteiger partial charge on any atom is -0.493 e. The summed E-state index contributed by atoms with van der Waals surface area (Å²) in [5, 5.41) is 7.73. The number of benzene rings is 2. The third-order valence-electron chi connectivity index (χ3n) is 3.61. The summed E-state index contributed by atoms with van der Waals surface area (Å²) in [6.45, 7) is 0.635.